The summed E-state index contributed by atoms with van der Waals surface area (Å²) in [6, 6.07) is 1.27. The maximum atomic E-state index is 3.24. The molecule has 11 heavy (non-hydrogen) atoms. The van der Waals surface area contributed by atoms with Crippen LogP contribution in [0.25, 0.3) is 0 Å². The second kappa shape index (κ2) is 5.56. The molecule has 0 amide bonds. The van der Waals surface area contributed by atoms with Gasteiger partial charge in [-0.05, 0) is 33.7 Å². The molecule has 0 aliphatic rings. The summed E-state index contributed by atoms with van der Waals surface area (Å²) in [6.07, 6.45) is 2.40. The molecule has 0 spiro atoms. The van der Waals surface area contributed by atoms with Gasteiger partial charge in [-0.2, -0.15) is 0 Å². The third-order valence-electron chi connectivity index (χ3n) is 2.39. The van der Waals surface area contributed by atoms with Crippen molar-refractivity contribution in [3.05, 3.63) is 0 Å². The van der Waals surface area contributed by atoms with Gasteiger partial charge in [-0.15, -0.1) is 0 Å². The van der Waals surface area contributed by atoms with Crippen LogP contribution in [0.15, 0.2) is 0 Å². The van der Waals surface area contributed by atoms with Crippen LogP contribution in [0, 0.1) is 0 Å². The molecule has 0 heterocycles. The first kappa shape index (κ1) is 10.9. The Morgan fingerprint density at radius 2 is 1.45 bits per heavy atom. The second-order valence-corrected chi connectivity index (χ2v) is 3.15. The van der Waals surface area contributed by atoms with Gasteiger partial charge in [-0.1, -0.05) is 13.8 Å². The minimum atomic E-state index is 0.634. The number of nitrogens with zero attached hydrogens (tertiary/aromatic N) is 1. The molecule has 0 saturated heterocycles. The molecule has 0 aliphatic carbocycles. The van der Waals surface area contributed by atoms with Crippen LogP contribution in [-0.4, -0.2) is 24.1 Å². The number of nitrogens with one attached hydrogen (secondary N) is 1. The van der Waals surface area contributed by atoms with Gasteiger partial charge in [-0.25, -0.2) is 5.01 Å². The maximum Gasteiger partial charge on any atom is 0.0215 e. The Bertz CT molecular complexity index is 83.6. The predicted octanol–water partition coefficient (Wildman–Crippen LogP) is 2.02. The van der Waals surface area contributed by atoms with Crippen LogP contribution in [0.4, 0.5) is 0 Å². The quantitative estimate of drug-likeness (QED) is 0.616. The van der Waals surface area contributed by atoms with E-state index in [4.69, 9.17) is 0 Å². The van der Waals surface area contributed by atoms with Crippen molar-refractivity contribution in [2.45, 2.75) is 52.6 Å². The lowest BCUT2D eigenvalue weighted by molar-refractivity contribution is 0.0932. The summed E-state index contributed by atoms with van der Waals surface area (Å²) in [7, 11) is 2.00. The molecule has 0 aromatic carbocycles. The van der Waals surface area contributed by atoms with Crippen LogP contribution in [-0.2, 0) is 0 Å². The molecule has 0 aromatic rings. The number of hydrogen-bond acceptors (Lipinski definition) is 2. The van der Waals surface area contributed by atoms with Crippen molar-refractivity contribution in [1.82, 2.24) is 10.4 Å². The van der Waals surface area contributed by atoms with E-state index in [9.17, 15) is 0 Å². The van der Waals surface area contributed by atoms with E-state index >= 15 is 0 Å². The highest BCUT2D eigenvalue weighted by Gasteiger charge is 2.14. The lowest BCUT2D eigenvalue weighted by Gasteiger charge is -2.32. The fourth-order valence-corrected chi connectivity index (χ4v) is 1.27. The summed E-state index contributed by atoms with van der Waals surface area (Å²) in [5.74, 6) is 0. The largest absolute Gasteiger partial charge is 0.258 e. The lowest BCUT2D eigenvalue weighted by atomic mass is 10.2. The molecule has 2 unspecified atom stereocenters. The van der Waals surface area contributed by atoms with Crippen molar-refractivity contribution in [2.75, 3.05) is 7.05 Å². The van der Waals surface area contributed by atoms with Gasteiger partial charge in [0.15, 0.2) is 0 Å². The Hall–Kier alpha value is -0.0800. The van der Waals surface area contributed by atoms with Crippen LogP contribution in [0.5, 0.6) is 0 Å². The summed E-state index contributed by atoms with van der Waals surface area (Å²) in [5.41, 5.74) is 3.24. The molecule has 0 bridgehead atoms. The lowest BCUT2D eigenvalue weighted by Crippen LogP contribution is -2.47. The van der Waals surface area contributed by atoms with Gasteiger partial charge < -0.3 is 0 Å². The Labute approximate surface area is 70.9 Å². The first-order valence-corrected chi connectivity index (χ1v) is 4.63. The molecule has 0 aromatic heterocycles. The SMILES string of the molecule is CCC(C)N(NC)C(C)CC. The molecule has 2 atom stereocenters. The first-order valence-electron chi connectivity index (χ1n) is 4.63. The normalized spacial score (nSPS) is 16.9. The second-order valence-electron chi connectivity index (χ2n) is 3.15. The van der Waals surface area contributed by atoms with E-state index in [1.807, 2.05) is 7.05 Å². The summed E-state index contributed by atoms with van der Waals surface area (Å²) in [5, 5.41) is 2.32. The van der Waals surface area contributed by atoms with E-state index in [-0.39, 0.29) is 0 Å². The van der Waals surface area contributed by atoms with Crippen molar-refractivity contribution in [3.8, 4) is 0 Å². The maximum absolute atomic E-state index is 3.24. The Morgan fingerprint density at radius 1 is 1.09 bits per heavy atom. The minimum absolute atomic E-state index is 0.634. The molecule has 2 heteroatoms. The van der Waals surface area contributed by atoms with Gasteiger partial charge in [0, 0.05) is 12.1 Å². The monoisotopic (exact) mass is 158 g/mol. The molecule has 0 fully saturated rings. The molecular formula is C9H22N2. The molecule has 2 nitrogen and oxygen atoms in total. The van der Waals surface area contributed by atoms with Crippen molar-refractivity contribution in [1.29, 1.82) is 0 Å². The molecule has 0 aliphatic heterocycles. The van der Waals surface area contributed by atoms with Gasteiger partial charge in [0.2, 0.25) is 0 Å². The average molecular weight is 158 g/mol. The van der Waals surface area contributed by atoms with Gasteiger partial charge in [-0.3, -0.25) is 5.43 Å². The van der Waals surface area contributed by atoms with Crippen LogP contribution in [0.2, 0.25) is 0 Å². The predicted molar refractivity (Wildman–Crippen MR) is 50.4 cm³/mol. The van der Waals surface area contributed by atoms with Crippen molar-refractivity contribution < 1.29 is 0 Å². The van der Waals surface area contributed by atoms with E-state index in [2.05, 4.69) is 38.1 Å². The van der Waals surface area contributed by atoms with Crippen molar-refractivity contribution in [3.63, 3.8) is 0 Å². The molecular weight excluding hydrogens is 136 g/mol. The van der Waals surface area contributed by atoms with Gasteiger partial charge in [0.25, 0.3) is 0 Å². The van der Waals surface area contributed by atoms with Gasteiger partial charge >= 0.3 is 0 Å². The van der Waals surface area contributed by atoms with Crippen molar-refractivity contribution >= 4 is 0 Å². The highest BCUT2D eigenvalue weighted by molar-refractivity contribution is 4.66. The zero-order valence-electron chi connectivity index (χ0n) is 8.52. The fraction of sp³-hybridized carbons (Fsp3) is 1.00. The molecule has 68 valence electrons. The number of hydrogen-bond donors (Lipinski definition) is 1. The Morgan fingerprint density at radius 3 is 1.64 bits per heavy atom. The summed E-state index contributed by atoms with van der Waals surface area (Å²) in [6.45, 7) is 8.94. The smallest absolute Gasteiger partial charge is 0.0215 e. The summed E-state index contributed by atoms with van der Waals surface area (Å²) >= 11 is 0. The van der Waals surface area contributed by atoms with Crippen molar-refractivity contribution in [2.24, 2.45) is 0 Å². The highest BCUT2D eigenvalue weighted by atomic mass is 15.5. The zero-order chi connectivity index (χ0) is 8.85. The summed E-state index contributed by atoms with van der Waals surface area (Å²) in [4.78, 5) is 0. The third kappa shape index (κ3) is 3.21. The van der Waals surface area contributed by atoms with Gasteiger partial charge in [0.05, 0.1) is 0 Å². The van der Waals surface area contributed by atoms with E-state index in [1.54, 1.807) is 0 Å². The third-order valence-corrected chi connectivity index (χ3v) is 2.39. The summed E-state index contributed by atoms with van der Waals surface area (Å²) < 4.78 is 0. The van der Waals surface area contributed by atoms with E-state index in [1.165, 1.54) is 12.8 Å². The van der Waals surface area contributed by atoms with Crippen LogP contribution in [0.1, 0.15) is 40.5 Å². The van der Waals surface area contributed by atoms with E-state index < -0.39 is 0 Å². The molecule has 1 N–H and O–H groups in total. The highest BCUT2D eigenvalue weighted by Crippen LogP contribution is 2.07. The Balaban J connectivity index is 3.92. The molecule has 0 rings (SSSR count). The standard InChI is InChI=1S/C9H22N2/c1-6-8(3)11(10-5)9(4)7-2/h8-10H,6-7H2,1-5H3. The Kier molecular flexibility index (Phi) is 5.51. The molecule has 0 radical (unpaired) electrons. The topological polar surface area (TPSA) is 15.3 Å². The average Bonchev–Trinajstić information content (AvgIpc) is 2.05. The van der Waals surface area contributed by atoms with Crippen LogP contribution < -0.4 is 5.43 Å². The molecule has 0 saturated carbocycles. The minimum Gasteiger partial charge on any atom is -0.258 e. The van der Waals surface area contributed by atoms with E-state index in [0.717, 1.165) is 0 Å². The fourth-order valence-electron chi connectivity index (χ4n) is 1.27. The van der Waals surface area contributed by atoms with E-state index in [0.29, 0.717) is 12.1 Å². The van der Waals surface area contributed by atoms with Crippen LogP contribution >= 0.6 is 0 Å². The number of hydrazine groups is 1. The first-order chi connectivity index (χ1) is 5.17. The van der Waals surface area contributed by atoms with Gasteiger partial charge in [0.1, 0.15) is 0 Å². The zero-order valence-corrected chi connectivity index (χ0v) is 8.52. The number of rotatable bonds is 5. The van der Waals surface area contributed by atoms with Crippen LogP contribution in [0.3, 0.4) is 0 Å².